The molecule has 0 amide bonds. The highest BCUT2D eigenvalue weighted by Gasteiger charge is 2.18. The van der Waals surface area contributed by atoms with E-state index in [1.54, 1.807) is 6.20 Å². The van der Waals surface area contributed by atoms with Crippen molar-refractivity contribution in [1.82, 2.24) is 19.1 Å². The van der Waals surface area contributed by atoms with Gasteiger partial charge in [0.05, 0.1) is 23.4 Å². The van der Waals surface area contributed by atoms with Crippen molar-refractivity contribution in [3.8, 4) is 28.5 Å². The SMILES string of the molecule is OCCCn1cnc(-c2ccccc2)c1-c1cccn1-c1ccccn1. The molecule has 0 spiro atoms. The second kappa shape index (κ2) is 7.37. The molecule has 0 aliphatic heterocycles. The molecule has 5 nitrogen and oxygen atoms in total. The van der Waals surface area contributed by atoms with Gasteiger partial charge in [-0.25, -0.2) is 9.97 Å². The highest BCUT2D eigenvalue weighted by Crippen LogP contribution is 2.32. The molecule has 1 aromatic carbocycles. The number of benzene rings is 1. The second-order valence-corrected chi connectivity index (χ2v) is 6.03. The quantitative estimate of drug-likeness (QED) is 0.579. The van der Waals surface area contributed by atoms with Gasteiger partial charge in [0.1, 0.15) is 5.82 Å². The first-order valence-corrected chi connectivity index (χ1v) is 8.69. The smallest absolute Gasteiger partial charge is 0.137 e. The largest absolute Gasteiger partial charge is 0.396 e. The average molecular weight is 344 g/mol. The lowest BCUT2D eigenvalue weighted by atomic mass is 10.1. The maximum atomic E-state index is 9.26. The van der Waals surface area contributed by atoms with Crippen LogP contribution in [0.25, 0.3) is 28.5 Å². The van der Waals surface area contributed by atoms with Crippen molar-refractivity contribution in [2.45, 2.75) is 13.0 Å². The maximum absolute atomic E-state index is 9.26. The molecule has 130 valence electrons. The van der Waals surface area contributed by atoms with Crippen LogP contribution < -0.4 is 0 Å². The van der Waals surface area contributed by atoms with Crippen LogP contribution in [0.3, 0.4) is 0 Å². The number of hydrogen-bond acceptors (Lipinski definition) is 3. The van der Waals surface area contributed by atoms with Crippen LogP contribution in [0.5, 0.6) is 0 Å². The first-order valence-electron chi connectivity index (χ1n) is 8.69. The van der Waals surface area contributed by atoms with E-state index < -0.39 is 0 Å². The molecule has 0 atom stereocenters. The zero-order valence-corrected chi connectivity index (χ0v) is 14.4. The van der Waals surface area contributed by atoms with Gasteiger partial charge < -0.3 is 9.67 Å². The highest BCUT2D eigenvalue weighted by molar-refractivity contribution is 5.78. The third kappa shape index (κ3) is 3.05. The Morgan fingerprint density at radius 2 is 1.73 bits per heavy atom. The van der Waals surface area contributed by atoms with Gasteiger partial charge in [0.15, 0.2) is 0 Å². The van der Waals surface area contributed by atoms with Crippen molar-refractivity contribution in [1.29, 1.82) is 0 Å². The summed E-state index contributed by atoms with van der Waals surface area (Å²) in [7, 11) is 0. The molecular weight excluding hydrogens is 324 g/mol. The van der Waals surface area contributed by atoms with Gasteiger partial charge in [0, 0.05) is 31.1 Å². The number of nitrogens with zero attached hydrogens (tertiary/aromatic N) is 4. The topological polar surface area (TPSA) is 55.9 Å². The van der Waals surface area contributed by atoms with E-state index in [-0.39, 0.29) is 6.61 Å². The highest BCUT2D eigenvalue weighted by atomic mass is 16.3. The summed E-state index contributed by atoms with van der Waals surface area (Å²) in [6, 6.07) is 20.1. The van der Waals surface area contributed by atoms with Gasteiger partial charge in [-0.15, -0.1) is 0 Å². The van der Waals surface area contributed by atoms with Crippen molar-refractivity contribution in [2.24, 2.45) is 0 Å². The first-order chi connectivity index (χ1) is 12.9. The Bertz CT molecular complexity index is 974. The van der Waals surface area contributed by atoms with E-state index in [9.17, 15) is 5.11 Å². The number of aromatic nitrogens is 4. The van der Waals surface area contributed by atoms with E-state index in [2.05, 4.69) is 37.3 Å². The van der Waals surface area contributed by atoms with E-state index in [0.717, 1.165) is 28.5 Å². The van der Waals surface area contributed by atoms with Gasteiger partial charge in [-0.2, -0.15) is 0 Å². The van der Waals surface area contributed by atoms with E-state index in [1.807, 2.05) is 55.0 Å². The molecule has 3 aromatic heterocycles. The molecule has 0 fully saturated rings. The summed E-state index contributed by atoms with van der Waals surface area (Å²) in [4.78, 5) is 9.16. The van der Waals surface area contributed by atoms with Crippen molar-refractivity contribution in [3.05, 3.63) is 79.4 Å². The Morgan fingerprint density at radius 1 is 0.885 bits per heavy atom. The Morgan fingerprint density at radius 3 is 2.50 bits per heavy atom. The molecule has 0 radical (unpaired) electrons. The summed E-state index contributed by atoms with van der Waals surface area (Å²) in [5.41, 5.74) is 4.05. The molecule has 3 heterocycles. The third-order valence-corrected chi connectivity index (χ3v) is 4.33. The van der Waals surface area contributed by atoms with Crippen molar-refractivity contribution in [3.63, 3.8) is 0 Å². The second-order valence-electron chi connectivity index (χ2n) is 6.03. The minimum atomic E-state index is 0.152. The van der Waals surface area contributed by atoms with Crippen LogP contribution in [0.15, 0.2) is 79.4 Å². The summed E-state index contributed by atoms with van der Waals surface area (Å²) in [5, 5.41) is 9.26. The van der Waals surface area contributed by atoms with E-state index in [0.29, 0.717) is 13.0 Å². The van der Waals surface area contributed by atoms with E-state index in [1.165, 1.54) is 0 Å². The molecule has 0 bridgehead atoms. The Labute approximate surface area is 152 Å². The summed E-state index contributed by atoms with van der Waals surface area (Å²) < 4.78 is 4.17. The molecule has 4 aromatic rings. The minimum absolute atomic E-state index is 0.152. The zero-order chi connectivity index (χ0) is 17.8. The Balaban J connectivity index is 1.88. The number of aliphatic hydroxyl groups is 1. The standard InChI is InChI=1S/C21H20N4O/c26-15-7-13-24-16-23-20(17-8-2-1-3-9-17)21(24)18-10-6-14-25(18)19-11-4-5-12-22-19/h1-6,8-12,14,16,26H,7,13,15H2. The lowest BCUT2D eigenvalue weighted by Crippen LogP contribution is -2.05. The number of aryl methyl sites for hydroxylation is 1. The molecule has 0 saturated heterocycles. The predicted molar refractivity (Wildman–Crippen MR) is 102 cm³/mol. The number of pyridine rings is 1. The monoisotopic (exact) mass is 344 g/mol. The van der Waals surface area contributed by atoms with Crippen LogP contribution in [-0.2, 0) is 6.54 Å². The fraction of sp³-hybridized carbons (Fsp3) is 0.143. The van der Waals surface area contributed by atoms with Crippen LogP contribution >= 0.6 is 0 Å². The predicted octanol–water partition coefficient (Wildman–Crippen LogP) is 3.79. The van der Waals surface area contributed by atoms with Crippen molar-refractivity contribution < 1.29 is 5.11 Å². The Kier molecular flexibility index (Phi) is 4.62. The molecule has 0 unspecified atom stereocenters. The fourth-order valence-electron chi connectivity index (χ4n) is 3.14. The minimum Gasteiger partial charge on any atom is -0.396 e. The van der Waals surface area contributed by atoms with Gasteiger partial charge in [0.2, 0.25) is 0 Å². The number of hydrogen-bond donors (Lipinski definition) is 1. The lowest BCUT2D eigenvalue weighted by Gasteiger charge is -2.13. The molecular formula is C21H20N4O. The van der Waals surface area contributed by atoms with Gasteiger partial charge in [-0.05, 0) is 30.7 Å². The number of aliphatic hydroxyl groups excluding tert-OH is 1. The van der Waals surface area contributed by atoms with Crippen LogP contribution in [0.4, 0.5) is 0 Å². The number of rotatable bonds is 6. The van der Waals surface area contributed by atoms with Gasteiger partial charge >= 0.3 is 0 Å². The van der Waals surface area contributed by atoms with Crippen molar-refractivity contribution >= 4 is 0 Å². The molecule has 0 aliphatic carbocycles. The lowest BCUT2D eigenvalue weighted by molar-refractivity contribution is 0.280. The summed E-state index contributed by atoms with van der Waals surface area (Å²) in [5.74, 6) is 0.862. The van der Waals surface area contributed by atoms with E-state index >= 15 is 0 Å². The number of imidazole rings is 1. The van der Waals surface area contributed by atoms with Gasteiger partial charge in [-0.1, -0.05) is 36.4 Å². The molecule has 4 rings (SSSR count). The Hall–Kier alpha value is -3.18. The van der Waals surface area contributed by atoms with Gasteiger partial charge in [0.25, 0.3) is 0 Å². The van der Waals surface area contributed by atoms with Crippen LogP contribution in [0.1, 0.15) is 6.42 Å². The van der Waals surface area contributed by atoms with Gasteiger partial charge in [-0.3, -0.25) is 4.57 Å². The average Bonchev–Trinajstić information content (AvgIpc) is 3.34. The van der Waals surface area contributed by atoms with Crippen LogP contribution in [0.2, 0.25) is 0 Å². The summed E-state index contributed by atoms with van der Waals surface area (Å²) in [6.45, 7) is 0.860. The summed E-state index contributed by atoms with van der Waals surface area (Å²) in [6.07, 6.45) is 6.33. The van der Waals surface area contributed by atoms with E-state index in [4.69, 9.17) is 0 Å². The van der Waals surface area contributed by atoms with Crippen molar-refractivity contribution in [2.75, 3.05) is 6.61 Å². The first kappa shape index (κ1) is 16.3. The molecule has 0 aliphatic rings. The molecule has 26 heavy (non-hydrogen) atoms. The zero-order valence-electron chi connectivity index (χ0n) is 14.4. The molecule has 5 heteroatoms. The molecule has 0 saturated carbocycles. The normalized spacial score (nSPS) is 11.0. The van der Waals surface area contributed by atoms with Crippen LogP contribution in [-0.4, -0.2) is 30.8 Å². The third-order valence-electron chi connectivity index (χ3n) is 4.33. The van der Waals surface area contributed by atoms with Crippen LogP contribution in [0, 0.1) is 0 Å². The fourth-order valence-corrected chi connectivity index (χ4v) is 3.14. The molecule has 1 N–H and O–H groups in total. The summed E-state index contributed by atoms with van der Waals surface area (Å²) >= 11 is 0. The maximum Gasteiger partial charge on any atom is 0.137 e.